The minimum absolute atomic E-state index is 0.371. The maximum Gasteiger partial charge on any atom is 0.332 e. The maximum absolute atomic E-state index is 13.0. The summed E-state index contributed by atoms with van der Waals surface area (Å²) >= 11 is 0. The largest absolute Gasteiger partial charge is 0.437 e. The first kappa shape index (κ1) is 24.1. The molecule has 2 heterocycles. The van der Waals surface area contributed by atoms with E-state index < -0.39 is 72.4 Å². The Morgan fingerprint density at radius 2 is 1.81 bits per heavy atom. The summed E-state index contributed by atoms with van der Waals surface area (Å²) in [5.41, 5.74) is 0.371. The standard InChI is InChI=1S/C18H23N3O9S2/c1-18(2)14(17(24)30-10-29-3)21-15(23)13(16(21)32(18,27)28)20-31(25,26)9-12(22)19-11-7-5-4-6-8-11/h4-8,13-14,16,20H,9-10H2,1-3H3,(H,19,22)/t13-,14+,16-/m1/s1. The number of fused-ring (bicyclic) bond motifs is 1. The topological polar surface area (TPSA) is 165 Å². The number of sulfone groups is 1. The van der Waals surface area contributed by atoms with Gasteiger partial charge in [0.25, 0.3) is 0 Å². The van der Waals surface area contributed by atoms with Gasteiger partial charge in [0.1, 0.15) is 22.6 Å². The van der Waals surface area contributed by atoms with E-state index in [1.54, 1.807) is 30.3 Å². The molecule has 0 saturated carbocycles. The average Bonchev–Trinajstić information content (AvgIpc) is 2.84. The highest BCUT2D eigenvalue weighted by Gasteiger charge is 2.73. The van der Waals surface area contributed by atoms with Gasteiger partial charge in [0.15, 0.2) is 22.0 Å². The zero-order valence-electron chi connectivity index (χ0n) is 17.5. The second-order valence-electron chi connectivity index (χ2n) is 7.83. The lowest BCUT2D eigenvalue weighted by Gasteiger charge is -2.42. The Kier molecular flexibility index (Phi) is 6.34. The third kappa shape index (κ3) is 4.10. The predicted molar refractivity (Wildman–Crippen MR) is 111 cm³/mol. The Morgan fingerprint density at radius 3 is 2.41 bits per heavy atom. The van der Waals surface area contributed by atoms with Crippen LogP contribution in [-0.4, -0.2) is 81.4 Å². The molecule has 12 nitrogen and oxygen atoms in total. The second-order valence-corrected chi connectivity index (χ2v) is 12.2. The van der Waals surface area contributed by atoms with Crippen molar-refractivity contribution in [3.05, 3.63) is 30.3 Å². The highest BCUT2D eigenvalue weighted by molar-refractivity contribution is 7.94. The van der Waals surface area contributed by atoms with Gasteiger partial charge in [0, 0.05) is 12.8 Å². The van der Waals surface area contributed by atoms with Crippen LogP contribution in [0.5, 0.6) is 0 Å². The van der Waals surface area contributed by atoms with Crippen LogP contribution in [0.2, 0.25) is 0 Å². The van der Waals surface area contributed by atoms with Crippen molar-refractivity contribution in [1.29, 1.82) is 0 Å². The molecule has 0 aromatic heterocycles. The van der Waals surface area contributed by atoms with Crippen molar-refractivity contribution in [1.82, 2.24) is 9.62 Å². The van der Waals surface area contributed by atoms with E-state index in [0.717, 1.165) is 4.90 Å². The summed E-state index contributed by atoms with van der Waals surface area (Å²) in [5.74, 6) is -3.79. The van der Waals surface area contributed by atoms with Crippen LogP contribution in [0.15, 0.2) is 30.3 Å². The Hall–Kier alpha value is -2.55. The smallest absolute Gasteiger partial charge is 0.332 e. The highest BCUT2D eigenvalue weighted by Crippen LogP contribution is 2.46. The summed E-state index contributed by atoms with van der Waals surface area (Å²) < 4.78 is 60.7. The zero-order chi connectivity index (χ0) is 23.9. The van der Waals surface area contributed by atoms with Crippen LogP contribution < -0.4 is 10.0 Å². The SMILES string of the molecule is COCOC(=O)[C@@H]1N2C(=O)[C@@H](NS(=O)(=O)CC(=O)Nc3ccccc3)[C@H]2S(=O)(=O)C1(C)C. The van der Waals surface area contributed by atoms with E-state index in [4.69, 9.17) is 4.74 Å². The summed E-state index contributed by atoms with van der Waals surface area (Å²) in [5, 5.41) is 0.791. The number of carbonyl (C=O) groups excluding carboxylic acids is 3. The van der Waals surface area contributed by atoms with Crippen molar-refractivity contribution >= 4 is 43.3 Å². The first-order chi connectivity index (χ1) is 14.8. The number of rotatable bonds is 8. The van der Waals surface area contributed by atoms with Crippen LogP contribution in [-0.2, 0) is 43.7 Å². The number of para-hydroxylation sites is 1. The quantitative estimate of drug-likeness (QED) is 0.259. The van der Waals surface area contributed by atoms with Crippen molar-refractivity contribution in [3.63, 3.8) is 0 Å². The number of benzene rings is 1. The Bertz CT molecular complexity index is 1130. The number of esters is 1. The summed E-state index contributed by atoms with van der Waals surface area (Å²) in [7, 11) is -7.30. The van der Waals surface area contributed by atoms with Crippen LogP contribution in [0.4, 0.5) is 5.69 Å². The predicted octanol–water partition coefficient (Wildman–Crippen LogP) is -1.20. The Labute approximate surface area is 185 Å². The van der Waals surface area contributed by atoms with E-state index in [-0.39, 0.29) is 0 Å². The van der Waals surface area contributed by atoms with Crippen molar-refractivity contribution in [2.45, 2.75) is 36.1 Å². The summed E-state index contributed by atoms with van der Waals surface area (Å²) in [4.78, 5) is 37.9. The van der Waals surface area contributed by atoms with E-state index in [0.29, 0.717) is 5.69 Å². The third-order valence-electron chi connectivity index (χ3n) is 5.30. The van der Waals surface area contributed by atoms with Crippen molar-refractivity contribution in [2.75, 3.05) is 25.0 Å². The molecule has 2 saturated heterocycles. The monoisotopic (exact) mass is 489 g/mol. The number of nitrogens with one attached hydrogen (secondary N) is 2. The molecule has 2 fully saturated rings. The minimum atomic E-state index is -4.38. The number of carbonyl (C=O) groups is 3. The number of nitrogens with zero attached hydrogens (tertiary/aromatic N) is 1. The molecule has 1 aromatic rings. The van der Waals surface area contributed by atoms with Gasteiger partial charge in [-0.25, -0.2) is 21.6 Å². The average molecular weight is 490 g/mol. The first-order valence-corrected chi connectivity index (χ1v) is 12.6. The fourth-order valence-electron chi connectivity index (χ4n) is 3.72. The number of anilines is 1. The van der Waals surface area contributed by atoms with E-state index in [2.05, 4.69) is 10.1 Å². The summed E-state index contributed by atoms with van der Waals surface area (Å²) in [6.45, 7) is 2.07. The van der Waals surface area contributed by atoms with Crippen molar-refractivity contribution in [3.8, 4) is 0 Å². The fourth-order valence-corrected chi connectivity index (χ4v) is 7.13. The number of amides is 2. The molecule has 2 amide bonds. The normalized spacial score (nSPS) is 25.5. The summed E-state index contributed by atoms with van der Waals surface area (Å²) in [6.07, 6.45) is 0. The van der Waals surface area contributed by atoms with Gasteiger partial charge in [0.2, 0.25) is 21.8 Å². The molecule has 32 heavy (non-hydrogen) atoms. The van der Waals surface area contributed by atoms with Gasteiger partial charge in [-0.3, -0.25) is 9.59 Å². The summed E-state index contributed by atoms with van der Waals surface area (Å²) in [6, 6.07) is 4.98. The molecule has 2 N–H and O–H groups in total. The number of ether oxygens (including phenoxy) is 2. The lowest BCUT2D eigenvalue weighted by atomic mass is 9.96. The van der Waals surface area contributed by atoms with Crippen LogP contribution in [0, 0.1) is 0 Å². The molecule has 2 aliphatic rings. The van der Waals surface area contributed by atoms with Gasteiger partial charge in [-0.05, 0) is 26.0 Å². The lowest BCUT2D eigenvalue weighted by molar-refractivity contribution is -0.170. The molecule has 0 spiro atoms. The van der Waals surface area contributed by atoms with Gasteiger partial charge in [-0.15, -0.1) is 0 Å². The van der Waals surface area contributed by atoms with E-state index >= 15 is 0 Å². The lowest BCUT2D eigenvalue weighted by Crippen LogP contribution is -2.72. The second kappa shape index (κ2) is 8.42. The number of sulfonamides is 1. The molecule has 14 heteroatoms. The Morgan fingerprint density at radius 1 is 1.19 bits per heavy atom. The van der Waals surface area contributed by atoms with Gasteiger partial charge in [0.05, 0.1) is 0 Å². The molecule has 0 bridgehead atoms. The first-order valence-electron chi connectivity index (χ1n) is 9.39. The van der Waals surface area contributed by atoms with Gasteiger partial charge in [-0.2, -0.15) is 4.72 Å². The van der Waals surface area contributed by atoms with Crippen LogP contribution >= 0.6 is 0 Å². The van der Waals surface area contributed by atoms with Crippen LogP contribution in [0.25, 0.3) is 0 Å². The highest BCUT2D eigenvalue weighted by atomic mass is 32.2. The number of hydrogen-bond donors (Lipinski definition) is 2. The van der Waals surface area contributed by atoms with Crippen LogP contribution in [0.1, 0.15) is 13.8 Å². The molecule has 3 atom stereocenters. The molecule has 2 aliphatic heterocycles. The Balaban J connectivity index is 1.76. The van der Waals surface area contributed by atoms with E-state index in [1.165, 1.54) is 21.0 Å². The maximum atomic E-state index is 13.0. The molecule has 0 unspecified atom stereocenters. The zero-order valence-corrected chi connectivity index (χ0v) is 19.1. The van der Waals surface area contributed by atoms with Crippen molar-refractivity contribution < 1.29 is 40.7 Å². The van der Waals surface area contributed by atoms with Gasteiger partial charge < -0.3 is 19.7 Å². The van der Waals surface area contributed by atoms with Crippen LogP contribution in [0.3, 0.4) is 0 Å². The molecule has 3 rings (SSSR count). The molecular weight excluding hydrogens is 466 g/mol. The molecule has 176 valence electrons. The molecule has 1 aromatic carbocycles. The van der Waals surface area contributed by atoms with E-state index in [1.807, 2.05) is 4.72 Å². The molecule has 0 radical (unpaired) electrons. The van der Waals surface area contributed by atoms with E-state index in [9.17, 15) is 31.2 Å². The third-order valence-corrected chi connectivity index (χ3v) is 9.38. The minimum Gasteiger partial charge on any atom is -0.437 e. The van der Waals surface area contributed by atoms with Gasteiger partial charge in [-0.1, -0.05) is 18.2 Å². The number of hydrogen-bond acceptors (Lipinski definition) is 9. The number of methoxy groups -OCH3 is 1. The van der Waals surface area contributed by atoms with Gasteiger partial charge >= 0.3 is 5.97 Å². The van der Waals surface area contributed by atoms with Crippen molar-refractivity contribution in [2.24, 2.45) is 0 Å². The number of β-lactam (4-membered cyclic amide) rings is 1. The molecular formula is C18H23N3O9S2. The fraction of sp³-hybridized carbons (Fsp3) is 0.500. The molecule has 0 aliphatic carbocycles.